The summed E-state index contributed by atoms with van der Waals surface area (Å²) in [5, 5.41) is 3.00. The zero-order valence-electron chi connectivity index (χ0n) is 20.9. The van der Waals surface area contributed by atoms with Gasteiger partial charge in [-0.05, 0) is 39.5 Å². The first-order valence-corrected chi connectivity index (χ1v) is 11.6. The number of alkyl halides is 2. The van der Waals surface area contributed by atoms with Gasteiger partial charge in [-0.25, -0.2) is 18.8 Å². The lowest BCUT2D eigenvalue weighted by molar-refractivity contribution is 0.197. The second kappa shape index (κ2) is 14.2. The van der Waals surface area contributed by atoms with Gasteiger partial charge in [-0.2, -0.15) is 0 Å². The standard InChI is InChI=1S/C25H36F2N6O2/c1-5-16(2)21(29)11-24(32-17(3)25(26)27)33-23-12-22(35-19-7-8-19)20(15-31-23)18(13-28)14-30-9-6-10-34-4/h11-15,19,25H,5-10,28-29H2,1-4H3,(H,31,33)/b18-13+,21-16-,24-11+,30-14?,32-17+. The molecule has 0 aliphatic heterocycles. The molecule has 10 heteroatoms. The first-order valence-electron chi connectivity index (χ1n) is 11.6. The molecule has 1 heterocycles. The largest absolute Gasteiger partial charge is 0.490 e. The van der Waals surface area contributed by atoms with Crippen LogP contribution >= 0.6 is 0 Å². The molecule has 0 aromatic carbocycles. The maximum Gasteiger partial charge on any atom is 0.276 e. The number of pyridine rings is 1. The highest BCUT2D eigenvalue weighted by atomic mass is 19.3. The number of nitrogens with zero attached hydrogens (tertiary/aromatic N) is 3. The number of allylic oxidation sites excluding steroid dienone is 3. The monoisotopic (exact) mass is 490 g/mol. The summed E-state index contributed by atoms with van der Waals surface area (Å²) in [7, 11) is 1.65. The highest BCUT2D eigenvalue weighted by molar-refractivity contribution is 6.10. The SMILES string of the molecule is CC/C(C)=C(N)/C=C(\N=C(/C)C(F)F)Nc1cc(OC2CC2)c(/C(C=NCCCOC)=C/N)cn1. The molecule has 0 spiro atoms. The number of aromatic nitrogens is 1. The number of nitrogens with two attached hydrogens (primary N) is 2. The lowest BCUT2D eigenvalue weighted by atomic mass is 10.1. The minimum Gasteiger partial charge on any atom is -0.490 e. The van der Waals surface area contributed by atoms with Crippen molar-refractivity contribution in [2.45, 2.75) is 59.0 Å². The Balaban J connectivity index is 2.38. The van der Waals surface area contributed by atoms with E-state index < -0.39 is 6.43 Å². The molecule has 0 amide bonds. The summed E-state index contributed by atoms with van der Waals surface area (Å²) in [6.45, 7) is 6.31. The van der Waals surface area contributed by atoms with Gasteiger partial charge in [0.2, 0.25) is 0 Å². The number of nitrogens with one attached hydrogen (secondary N) is 1. The highest BCUT2D eigenvalue weighted by Gasteiger charge is 2.25. The molecule has 192 valence electrons. The fourth-order valence-electron chi connectivity index (χ4n) is 2.79. The molecule has 0 radical (unpaired) electrons. The van der Waals surface area contributed by atoms with Crippen molar-refractivity contribution in [3.8, 4) is 5.75 Å². The van der Waals surface area contributed by atoms with Gasteiger partial charge in [0, 0.05) is 67.8 Å². The Labute approximate surface area is 205 Å². The van der Waals surface area contributed by atoms with E-state index in [0.717, 1.165) is 31.3 Å². The predicted octanol–water partition coefficient (Wildman–Crippen LogP) is 4.65. The highest BCUT2D eigenvalue weighted by Crippen LogP contribution is 2.33. The summed E-state index contributed by atoms with van der Waals surface area (Å²) < 4.78 is 37.4. The fourth-order valence-corrected chi connectivity index (χ4v) is 2.79. The van der Waals surface area contributed by atoms with E-state index in [1.807, 2.05) is 13.8 Å². The van der Waals surface area contributed by atoms with Crippen molar-refractivity contribution in [1.29, 1.82) is 0 Å². The van der Waals surface area contributed by atoms with Crippen LogP contribution in [0.1, 0.15) is 52.0 Å². The van der Waals surface area contributed by atoms with Gasteiger partial charge < -0.3 is 26.3 Å². The summed E-state index contributed by atoms with van der Waals surface area (Å²) in [5.41, 5.74) is 14.3. The fraction of sp³-hybridized carbons (Fsp3) is 0.480. The zero-order chi connectivity index (χ0) is 25.8. The topological polar surface area (TPSA) is 120 Å². The molecular formula is C25H36F2N6O2. The van der Waals surface area contributed by atoms with Gasteiger partial charge in [0.1, 0.15) is 17.4 Å². The number of methoxy groups -OCH3 is 1. The van der Waals surface area contributed by atoms with Crippen molar-refractivity contribution in [2.24, 2.45) is 21.5 Å². The number of hydrogen-bond donors (Lipinski definition) is 3. The molecule has 5 N–H and O–H groups in total. The van der Waals surface area contributed by atoms with Gasteiger partial charge in [-0.1, -0.05) is 12.5 Å². The molecule has 1 aromatic rings. The summed E-state index contributed by atoms with van der Waals surface area (Å²) in [6.07, 6.45) is 7.11. The van der Waals surface area contributed by atoms with E-state index in [0.29, 0.717) is 41.6 Å². The molecule has 1 aliphatic rings. The lowest BCUT2D eigenvalue weighted by Gasteiger charge is -2.14. The molecule has 1 aromatic heterocycles. The summed E-state index contributed by atoms with van der Waals surface area (Å²) >= 11 is 0. The second-order valence-electron chi connectivity index (χ2n) is 8.18. The molecule has 2 rings (SSSR count). The van der Waals surface area contributed by atoms with Crippen LogP contribution in [0.3, 0.4) is 0 Å². The first kappa shape index (κ1) is 28.0. The second-order valence-corrected chi connectivity index (χ2v) is 8.18. The molecule has 1 fully saturated rings. The van der Waals surface area contributed by atoms with E-state index in [2.05, 4.69) is 20.3 Å². The van der Waals surface area contributed by atoms with Gasteiger partial charge in [0.15, 0.2) is 0 Å². The third kappa shape index (κ3) is 9.48. The van der Waals surface area contributed by atoms with Crippen LogP contribution < -0.4 is 21.5 Å². The summed E-state index contributed by atoms with van der Waals surface area (Å²) in [5.74, 6) is 1.09. The van der Waals surface area contributed by atoms with E-state index >= 15 is 0 Å². The van der Waals surface area contributed by atoms with Gasteiger partial charge in [-0.3, -0.25) is 4.99 Å². The quantitative estimate of drug-likeness (QED) is 0.198. The minimum absolute atomic E-state index is 0.113. The minimum atomic E-state index is -2.69. The number of halogens is 2. The lowest BCUT2D eigenvalue weighted by Crippen LogP contribution is -2.11. The number of aliphatic imine (C=N–C) groups is 2. The molecule has 0 bridgehead atoms. The first-order chi connectivity index (χ1) is 16.8. The molecule has 0 atom stereocenters. The number of hydrogen-bond acceptors (Lipinski definition) is 8. The summed E-state index contributed by atoms with van der Waals surface area (Å²) in [6, 6.07) is 1.70. The van der Waals surface area contributed by atoms with Crippen LogP contribution in [0.15, 0.2) is 51.6 Å². The van der Waals surface area contributed by atoms with Gasteiger partial charge in [0.25, 0.3) is 6.43 Å². The molecule has 0 unspecified atom stereocenters. The van der Waals surface area contributed by atoms with Crippen molar-refractivity contribution < 1.29 is 18.3 Å². The van der Waals surface area contributed by atoms with E-state index in [9.17, 15) is 8.78 Å². The molecule has 8 nitrogen and oxygen atoms in total. The van der Waals surface area contributed by atoms with Crippen LogP contribution in [0, 0.1) is 0 Å². The van der Waals surface area contributed by atoms with E-state index in [4.69, 9.17) is 20.9 Å². The van der Waals surface area contributed by atoms with E-state index in [1.165, 1.54) is 19.2 Å². The summed E-state index contributed by atoms with van der Waals surface area (Å²) in [4.78, 5) is 12.9. The van der Waals surface area contributed by atoms with Crippen molar-refractivity contribution in [3.63, 3.8) is 0 Å². The van der Waals surface area contributed by atoms with Crippen molar-refractivity contribution in [2.75, 3.05) is 25.6 Å². The smallest absolute Gasteiger partial charge is 0.276 e. The van der Waals surface area contributed by atoms with Crippen molar-refractivity contribution >= 4 is 23.3 Å². The normalized spacial score (nSPS) is 16.1. The Morgan fingerprint density at radius 1 is 1.34 bits per heavy atom. The number of anilines is 1. The van der Waals surface area contributed by atoms with Gasteiger partial charge in [0.05, 0.1) is 11.8 Å². The Bertz CT molecular complexity index is 998. The van der Waals surface area contributed by atoms with Gasteiger partial charge in [-0.15, -0.1) is 0 Å². The van der Waals surface area contributed by atoms with E-state index in [1.54, 1.807) is 25.6 Å². The maximum absolute atomic E-state index is 13.2. The van der Waals surface area contributed by atoms with Crippen LogP contribution in [-0.2, 0) is 4.74 Å². The third-order valence-electron chi connectivity index (χ3n) is 5.22. The Morgan fingerprint density at radius 3 is 2.69 bits per heavy atom. The number of rotatable bonds is 14. The Kier molecular flexibility index (Phi) is 11.4. The Morgan fingerprint density at radius 2 is 2.09 bits per heavy atom. The van der Waals surface area contributed by atoms with Crippen LogP contribution in [0.4, 0.5) is 14.6 Å². The van der Waals surface area contributed by atoms with Gasteiger partial charge >= 0.3 is 0 Å². The molecule has 1 aliphatic carbocycles. The Hall–Kier alpha value is -3.27. The molecule has 1 saturated carbocycles. The number of ether oxygens (including phenoxy) is 2. The van der Waals surface area contributed by atoms with Crippen molar-refractivity contribution in [3.05, 3.63) is 47.2 Å². The van der Waals surface area contributed by atoms with Crippen LogP contribution in [0.25, 0.3) is 5.57 Å². The van der Waals surface area contributed by atoms with E-state index in [-0.39, 0.29) is 17.6 Å². The molecular weight excluding hydrogens is 454 g/mol. The van der Waals surface area contributed by atoms with Crippen LogP contribution in [0.5, 0.6) is 5.75 Å². The predicted molar refractivity (Wildman–Crippen MR) is 138 cm³/mol. The third-order valence-corrected chi connectivity index (χ3v) is 5.22. The molecule has 35 heavy (non-hydrogen) atoms. The van der Waals surface area contributed by atoms with Crippen molar-refractivity contribution in [1.82, 2.24) is 4.98 Å². The van der Waals surface area contributed by atoms with Crippen LogP contribution in [0.2, 0.25) is 0 Å². The zero-order valence-corrected chi connectivity index (χ0v) is 20.9. The maximum atomic E-state index is 13.2. The average Bonchev–Trinajstić information content (AvgIpc) is 3.65. The molecule has 0 saturated heterocycles. The average molecular weight is 491 g/mol. The van der Waals surface area contributed by atoms with Crippen LogP contribution in [-0.4, -0.2) is 49.7 Å².